The Morgan fingerprint density at radius 3 is 2.48 bits per heavy atom. The van der Waals surface area contributed by atoms with Gasteiger partial charge in [0.15, 0.2) is 0 Å². The van der Waals surface area contributed by atoms with E-state index in [9.17, 15) is 4.79 Å². The molecule has 2 rings (SSSR count). The molecule has 4 heteroatoms. The van der Waals surface area contributed by atoms with E-state index in [-0.39, 0.29) is 11.4 Å². The predicted molar refractivity (Wildman–Crippen MR) is 91.6 cm³/mol. The van der Waals surface area contributed by atoms with E-state index in [0.29, 0.717) is 13.2 Å². The molecule has 0 spiro atoms. The van der Waals surface area contributed by atoms with Gasteiger partial charge in [-0.1, -0.05) is 25.1 Å². The molecule has 0 bridgehead atoms. The minimum atomic E-state index is -0.380. The summed E-state index contributed by atoms with van der Waals surface area (Å²) in [6.45, 7) is 8.12. The quantitative estimate of drug-likeness (QED) is 0.687. The zero-order valence-corrected chi connectivity index (χ0v) is 14.4. The smallest absolute Gasteiger partial charge is 0.312 e. The Morgan fingerprint density at radius 1 is 1.17 bits per heavy atom. The molecule has 128 valence electrons. The highest BCUT2D eigenvalue weighted by atomic mass is 16.5. The SMILES string of the molecule is CCCN1CCC(CCOc2ccccc2)(C(=O)OCC)CC1. The fourth-order valence-electron chi connectivity index (χ4n) is 3.24. The largest absolute Gasteiger partial charge is 0.494 e. The minimum absolute atomic E-state index is 0.0483. The molecule has 1 aromatic carbocycles. The summed E-state index contributed by atoms with van der Waals surface area (Å²) in [5.74, 6) is 0.808. The van der Waals surface area contributed by atoms with E-state index in [1.165, 1.54) is 0 Å². The molecule has 0 atom stereocenters. The second-order valence-corrected chi connectivity index (χ2v) is 6.25. The fraction of sp³-hybridized carbons (Fsp3) is 0.632. The fourth-order valence-corrected chi connectivity index (χ4v) is 3.24. The minimum Gasteiger partial charge on any atom is -0.494 e. The van der Waals surface area contributed by atoms with Crippen molar-refractivity contribution in [2.24, 2.45) is 5.41 Å². The number of hydrogen-bond acceptors (Lipinski definition) is 4. The van der Waals surface area contributed by atoms with Crippen LogP contribution >= 0.6 is 0 Å². The first-order valence-corrected chi connectivity index (χ1v) is 8.77. The van der Waals surface area contributed by atoms with Gasteiger partial charge < -0.3 is 14.4 Å². The van der Waals surface area contributed by atoms with Gasteiger partial charge in [0.1, 0.15) is 5.75 Å². The van der Waals surface area contributed by atoms with E-state index >= 15 is 0 Å². The Balaban J connectivity index is 1.93. The van der Waals surface area contributed by atoms with Gasteiger partial charge in [0.2, 0.25) is 0 Å². The zero-order valence-electron chi connectivity index (χ0n) is 14.4. The van der Waals surface area contributed by atoms with Crippen LogP contribution in [0.5, 0.6) is 5.75 Å². The van der Waals surface area contributed by atoms with E-state index in [4.69, 9.17) is 9.47 Å². The molecule has 0 amide bonds. The molecular weight excluding hydrogens is 290 g/mol. The molecule has 1 aromatic rings. The van der Waals surface area contributed by atoms with Crippen molar-refractivity contribution in [2.75, 3.05) is 32.8 Å². The Hall–Kier alpha value is -1.55. The van der Waals surface area contributed by atoms with Gasteiger partial charge in [-0.05, 0) is 64.4 Å². The first-order valence-electron chi connectivity index (χ1n) is 8.77. The molecule has 1 aliphatic heterocycles. The van der Waals surface area contributed by atoms with E-state index < -0.39 is 0 Å². The first kappa shape index (κ1) is 17.8. The number of carbonyl (C=O) groups is 1. The van der Waals surface area contributed by atoms with Crippen LogP contribution in [0.3, 0.4) is 0 Å². The predicted octanol–water partition coefficient (Wildman–Crippen LogP) is 3.51. The Kier molecular flexibility index (Phi) is 6.90. The van der Waals surface area contributed by atoms with Crippen LogP contribution in [0.15, 0.2) is 30.3 Å². The second kappa shape index (κ2) is 8.92. The number of likely N-dealkylation sites (tertiary alicyclic amines) is 1. The standard InChI is InChI=1S/C19H29NO3/c1-3-13-20-14-10-19(11-15-20,18(21)22-4-2)12-16-23-17-8-6-5-7-9-17/h5-9H,3-4,10-16H2,1-2H3. The molecule has 1 aliphatic rings. The summed E-state index contributed by atoms with van der Waals surface area (Å²) in [5.41, 5.74) is -0.380. The van der Waals surface area contributed by atoms with Gasteiger partial charge in [-0.25, -0.2) is 0 Å². The van der Waals surface area contributed by atoms with Crippen LogP contribution in [0.4, 0.5) is 0 Å². The van der Waals surface area contributed by atoms with Gasteiger partial charge in [-0.15, -0.1) is 0 Å². The van der Waals surface area contributed by atoms with Crippen LogP contribution in [-0.2, 0) is 9.53 Å². The normalized spacial score (nSPS) is 17.7. The van der Waals surface area contributed by atoms with E-state index in [1.54, 1.807) is 0 Å². The summed E-state index contributed by atoms with van der Waals surface area (Å²) in [6.07, 6.45) is 3.61. The molecule has 4 nitrogen and oxygen atoms in total. The third-order valence-electron chi connectivity index (χ3n) is 4.65. The number of ether oxygens (including phenoxy) is 2. The third-order valence-corrected chi connectivity index (χ3v) is 4.65. The van der Waals surface area contributed by atoms with Gasteiger partial charge in [-0.2, -0.15) is 0 Å². The number of rotatable bonds is 8. The number of esters is 1. The summed E-state index contributed by atoms with van der Waals surface area (Å²) in [6, 6.07) is 9.78. The highest BCUT2D eigenvalue weighted by Gasteiger charge is 2.42. The first-order chi connectivity index (χ1) is 11.2. The molecule has 0 aliphatic carbocycles. The van der Waals surface area contributed by atoms with Crippen LogP contribution in [0, 0.1) is 5.41 Å². The van der Waals surface area contributed by atoms with Crippen molar-refractivity contribution < 1.29 is 14.3 Å². The van der Waals surface area contributed by atoms with Crippen molar-refractivity contribution in [1.29, 1.82) is 0 Å². The van der Waals surface area contributed by atoms with Crippen molar-refractivity contribution in [3.05, 3.63) is 30.3 Å². The van der Waals surface area contributed by atoms with Gasteiger partial charge in [0, 0.05) is 0 Å². The van der Waals surface area contributed by atoms with Crippen LogP contribution in [0.1, 0.15) is 39.5 Å². The van der Waals surface area contributed by atoms with Crippen LogP contribution in [0.25, 0.3) is 0 Å². The van der Waals surface area contributed by atoms with E-state index in [2.05, 4.69) is 11.8 Å². The second-order valence-electron chi connectivity index (χ2n) is 6.25. The van der Waals surface area contributed by atoms with Gasteiger partial charge in [0.25, 0.3) is 0 Å². The van der Waals surface area contributed by atoms with Crippen molar-refractivity contribution in [3.63, 3.8) is 0 Å². The topological polar surface area (TPSA) is 38.8 Å². The average molecular weight is 319 g/mol. The number of carbonyl (C=O) groups excluding carboxylic acids is 1. The molecule has 0 unspecified atom stereocenters. The maximum atomic E-state index is 12.5. The van der Waals surface area contributed by atoms with Gasteiger partial charge in [0.05, 0.1) is 18.6 Å². The monoisotopic (exact) mass is 319 g/mol. The van der Waals surface area contributed by atoms with Crippen LogP contribution in [-0.4, -0.2) is 43.7 Å². The highest BCUT2D eigenvalue weighted by molar-refractivity contribution is 5.77. The number of hydrogen-bond donors (Lipinski definition) is 0. The van der Waals surface area contributed by atoms with Crippen LogP contribution < -0.4 is 4.74 Å². The molecule has 1 heterocycles. The summed E-state index contributed by atoms with van der Waals surface area (Å²) >= 11 is 0. The van der Waals surface area contributed by atoms with Gasteiger partial charge >= 0.3 is 5.97 Å². The zero-order chi connectivity index (χ0) is 16.5. The lowest BCUT2D eigenvalue weighted by molar-refractivity contribution is -0.159. The Morgan fingerprint density at radius 2 is 1.87 bits per heavy atom. The lowest BCUT2D eigenvalue weighted by Gasteiger charge is -2.39. The molecule has 0 radical (unpaired) electrons. The van der Waals surface area contributed by atoms with Crippen LogP contribution in [0.2, 0.25) is 0 Å². The van der Waals surface area contributed by atoms with Crippen molar-refractivity contribution in [3.8, 4) is 5.75 Å². The summed E-state index contributed by atoms with van der Waals surface area (Å²) < 4.78 is 11.2. The summed E-state index contributed by atoms with van der Waals surface area (Å²) in [7, 11) is 0. The lowest BCUT2D eigenvalue weighted by atomic mass is 9.75. The summed E-state index contributed by atoms with van der Waals surface area (Å²) in [4.78, 5) is 15.0. The molecular formula is C19H29NO3. The molecule has 0 N–H and O–H groups in total. The number of nitrogens with zero attached hydrogens (tertiary/aromatic N) is 1. The number of para-hydroxylation sites is 1. The lowest BCUT2D eigenvalue weighted by Crippen LogP contribution is -2.46. The van der Waals surface area contributed by atoms with Crippen molar-refractivity contribution in [1.82, 2.24) is 4.90 Å². The third kappa shape index (κ3) is 4.96. The maximum Gasteiger partial charge on any atom is 0.312 e. The Bertz CT molecular complexity index is 467. The number of piperidine rings is 1. The van der Waals surface area contributed by atoms with E-state index in [1.807, 2.05) is 37.3 Å². The molecule has 0 saturated carbocycles. The van der Waals surface area contributed by atoms with Crippen molar-refractivity contribution in [2.45, 2.75) is 39.5 Å². The molecule has 1 saturated heterocycles. The van der Waals surface area contributed by atoms with Gasteiger partial charge in [-0.3, -0.25) is 4.79 Å². The molecule has 0 aromatic heterocycles. The maximum absolute atomic E-state index is 12.5. The molecule has 1 fully saturated rings. The average Bonchev–Trinajstić information content (AvgIpc) is 2.58. The highest BCUT2D eigenvalue weighted by Crippen LogP contribution is 2.36. The molecule has 23 heavy (non-hydrogen) atoms. The summed E-state index contributed by atoms with van der Waals surface area (Å²) in [5, 5.41) is 0. The van der Waals surface area contributed by atoms with E-state index in [0.717, 1.165) is 51.1 Å². The van der Waals surface area contributed by atoms with Crippen molar-refractivity contribution >= 4 is 5.97 Å². The Labute approximate surface area is 139 Å². The number of benzene rings is 1.